The Morgan fingerprint density at radius 3 is 2.78 bits per heavy atom. The Kier molecular flexibility index (Phi) is 5.00. The Hall–Kier alpha value is -3.14. The van der Waals surface area contributed by atoms with E-state index in [1.165, 1.54) is 21.4 Å². The van der Waals surface area contributed by atoms with E-state index in [-0.39, 0.29) is 29.4 Å². The molecule has 9 nitrogen and oxygen atoms in total. The van der Waals surface area contributed by atoms with Crippen LogP contribution >= 0.6 is 15.9 Å². The summed E-state index contributed by atoms with van der Waals surface area (Å²) in [6, 6.07) is 4.95. The van der Waals surface area contributed by atoms with Crippen LogP contribution in [0.25, 0.3) is 11.2 Å². The van der Waals surface area contributed by atoms with Gasteiger partial charge in [0, 0.05) is 30.7 Å². The lowest BCUT2D eigenvalue weighted by atomic mass is 10.2. The number of aryl methyl sites for hydroxylation is 2. The Morgan fingerprint density at radius 1 is 1.33 bits per heavy atom. The van der Waals surface area contributed by atoms with Gasteiger partial charge in [0.25, 0.3) is 5.56 Å². The molecular formula is C17H17BrN6O3. The van der Waals surface area contributed by atoms with E-state index in [2.05, 4.69) is 38.0 Å². The first kappa shape index (κ1) is 18.6. The SMILES string of the molecule is C=CCn1c(=O)c2c(nc(N/N=C\c3cc(Br)ccc3O)n2C)n(C)c1=O. The summed E-state index contributed by atoms with van der Waals surface area (Å²) in [5.74, 6) is 0.350. The summed E-state index contributed by atoms with van der Waals surface area (Å²) in [6.45, 7) is 3.68. The molecule has 0 spiro atoms. The topological polar surface area (TPSA) is 106 Å². The van der Waals surface area contributed by atoms with E-state index in [1.54, 1.807) is 32.3 Å². The molecule has 0 aliphatic heterocycles. The maximum Gasteiger partial charge on any atom is 0.332 e. The molecule has 0 atom stereocenters. The van der Waals surface area contributed by atoms with Gasteiger partial charge in [-0.1, -0.05) is 22.0 Å². The Morgan fingerprint density at radius 2 is 2.07 bits per heavy atom. The van der Waals surface area contributed by atoms with Crippen LogP contribution in [0.1, 0.15) is 5.56 Å². The number of phenols is 1. The zero-order chi connectivity index (χ0) is 19.7. The van der Waals surface area contributed by atoms with Crippen molar-refractivity contribution in [3.05, 3.63) is 61.7 Å². The minimum atomic E-state index is -0.473. The number of nitrogens with one attached hydrogen (secondary N) is 1. The van der Waals surface area contributed by atoms with E-state index in [0.717, 1.165) is 9.04 Å². The van der Waals surface area contributed by atoms with Gasteiger partial charge in [-0.25, -0.2) is 10.2 Å². The zero-order valence-corrected chi connectivity index (χ0v) is 16.3. The number of hydrogen-bond donors (Lipinski definition) is 2. The van der Waals surface area contributed by atoms with Gasteiger partial charge in [0.2, 0.25) is 5.95 Å². The predicted octanol–water partition coefficient (Wildman–Crippen LogP) is 1.53. The number of hydrogen-bond acceptors (Lipinski definition) is 6. The second-order valence-electron chi connectivity index (χ2n) is 5.79. The number of rotatable bonds is 5. The van der Waals surface area contributed by atoms with E-state index < -0.39 is 11.2 Å². The highest BCUT2D eigenvalue weighted by Gasteiger charge is 2.17. The fraction of sp³-hybridized carbons (Fsp3) is 0.176. The van der Waals surface area contributed by atoms with E-state index in [1.807, 2.05) is 0 Å². The number of phenolic OH excluding ortho intramolecular Hbond substituents is 1. The van der Waals surface area contributed by atoms with Crippen LogP contribution in [0.4, 0.5) is 5.95 Å². The molecule has 2 N–H and O–H groups in total. The molecule has 0 aliphatic rings. The van der Waals surface area contributed by atoms with Crippen LogP contribution in [0.3, 0.4) is 0 Å². The number of hydrazone groups is 1. The first-order valence-corrected chi connectivity index (χ1v) is 8.69. The van der Waals surface area contributed by atoms with Crippen LogP contribution in [-0.2, 0) is 20.6 Å². The van der Waals surface area contributed by atoms with Crippen molar-refractivity contribution in [1.29, 1.82) is 0 Å². The molecule has 0 saturated heterocycles. The van der Waals surface area contributed by atoms with Gasteiger partial charge in [-0.05, 0) is 18.2 Å². The summed E-state index contributed by atoms with van der Waals surface area (Å²) in [5, 5.41) is 13.9. The van der Waals surface area contributed by atoms with Gasteiger partial charge >= 0.3 is 5.69 Å². The molecule has 0 unspecified atom stereocenters. The molecule has 2 heterocycles. The number of benzene rings is 1. The van der Waals surface area contributed by atoms with Gasteiger partial charge in [0.05, 0.1) is 6.21 Å². The van der Waals surface area contributed by atoms with E-state index in [4.69, 9.17) is 0 Å². The predicted molar refractivity (Wildman–Crippen MR) is 107 cm³/mol. The van der Waals surface area contributed by atoms with Crippen molar-refractivity contribution < 1.29 is 5.11 Å². The molecule has 0 amide bonds. The van der Waals surface area contributed by atoms with Gasteiger partial charge in [0.15, 0.2) is 11.2 Å². The average Bonchev–Trinajstić information content (AvgIpc) is 2.97. The smallest absolute Gasteiger partial charge is 0.332 e. The highest BCUT2D eigenvalue weighted by atomic mass is 79.9. The maximum absolute atomic E-state index is 12.6. The van der Waals surface area contributed by atoms with Crippen molar-refractivity contribution in [3.8, 4) is 5.75 Å². The molecule has 2 aromatic heterocycles. The Balaban J connectivity index is 2.04. The molecule has 3 rings (SSSR count). The average molecular weight is 433 g/mol. The first-order valence-electron chi connectivity index (χ1n) is 7.90. The van der Waals surface area contributed by atoms with Crippen molar-refractivity contribution >= 4 is 39.3 Å². The summed E-state index contributed by atoms with van der Waals surface area (Å²) in [5.41, 5.74) is 2.82. The van der Waals surface area contributed by atoms with Crippen LogP contribution < -0.4 is 16.7 Å². The van der Waals surface area contributed by atoms with Crippen LogP contribution in [0.15, 0.2) is 50.0 Å². The number of imidazole rings is 1. The molecule has 0 radical (unpaired) electrons. The van der Waals surface area contributed by atoms with Crippen molar-refractivity contribution in [3.63, 3.8) is 0 Å². The minimum absolute atomic E-state index is 0.0726. The normalized spacial score (nSPS) is 11.4. The number of aromatic nitrogens is 4. The third kappa shape index (κ3) is 3.31. The van der Waals surface area contributed by atoms with Crippen LogP contribution in [0.5, 0.6) is 5.75 Å². The number of halogens is 1. The van der Waals surface area contributed by atoms with Crippen LogP contribution in [0.2, 0.25) is 0 Å². The lowest BCUT2D eigenvalue weighted by Gasteiger charge is -2.06. The van der Waals surface area contributed by atoms with Gasteiger partial charge in [-0.3, -0.25) is 13.9 Å². The largest absolute Gasteiger partial charge is 0.507 e. The van der Waals surface area contributed by atoms with Crippen molar-refractivity contribution in [1.82, 2.24) is 18.7 Å². The summed E-state index contributed by atoms with van der Waals surface area (Å²) >= 11 is 3.32. The first-order chi connectivity index (χ1) is 12.8. The van der Waals surface area contributed by atoms with Gasteiger partial charge in [-0.15, -0.1) is 6.58 Å². The fourth-order valence-electron chi connectivity index (χ4n) is 2.62. The summed E-state index contributed by atoms with van der Waals surface area (Å²) in [4.78, 5) is 29.3. The molecule has 27 heavy (non-hydrogen) atoms. The Labute approximate surface area is 162 Å². The fourth-order valence-corrected chi connectivity index (χ4v) is 3.00. The monoisotopic (exact) mass is 432 g/mol. The number of allylic oxidation sites excluding steroid dienone is 1. The van der Waals surface area contributed by atoms with Crippen molar-refractivity contribution in [2.24, 2.45) is 19.2 Å². The maximum atomic E-state index is 12.6. The quantitative estimate of drug-likeness (QED) is 0.361. The molecule has 3 aromatic rings. The van der Waals surface area contributed by atoms with E-state index >= 15 is 0 Å². The van der Waals surface area contributed by atoms with Gasteiger partial charge in [0.1, 0.15) is 5.75 Å². The number of anilines is 1. The minimum Gasteiger partial charge on any atom is -0.507 e. The van der Waals surface area contributed by atoms with Crippen molar-refractivity contribution in [2.45, 2.75) is 6.54 Å². The third-order valence-corrected chi connectivity index (χ3v) is 4.52. The van der Waals surface area contributed by atoms with Crippen LogP contribution in [-0.4, -0.2) is 30.0 Å². The van der Waals surface area contributed by atoms with E-state index in [9.17, 15) is 14.7 Å². The molecule has 0 aliphatic carbocycles. The van der Waals surface area contributed by atoms with Crippen molar-refractivity contribution in [2.75, 3.05) is 5.43 Å². The highest BCUT2D eigenvalue weighted by molar-refractivity contribution is 9.10. The van der Waals surface area contributed by atoms with Crippen LogP contribution in [0, 0.1) is 0 Å². The highest BCUT2D eigenvalue weighted by Crippen LogP contribution is 2.20. The number of aromatic hydroxyl groups is 1. The summed E-state index contributed by atoms with van der Waals surface area (Å²) in [6.07, 6.45) is 2.91. The zero-order valence-electron chi connectivity index (χ0n) is 14.7. The number of nitrogens with zero attached hydrogens (tertiary/aromatic N) is 5. The lowest BCUT2D eigenvalue weighted by Crippen LogP contribution is -2.39. The second-order valence-corrected chi connectivity index (χ2v) is 6.70. The Bertz CT molecular complexity index is 1190. The molecule has 0 saturated carbocycles. The molecule has 0 fully saturated rings. The molecule has 1 aromatic carbocycles. The summed E-state index contributed by atoms with van der Waals surface area (Å²) < 4.78 is 4.70. The molecular weight excluding hydrogens is 416 g/mol. The summed E-state index contributed by atoms with van der Waals surface area (Å²) in [7, 11) is 3.19. The second kappa shape index (κ2) is 7.23. The molecule has 140 valence electrons. The van der Waals surface area contributed by atoms with Gasteiger partial charge < -0.3 is 9.67 Å². The standard InChI is InChI=1S/C17H17BrN6O3/c1-4-7-24-15(26)13-14(23(3)17(24)27)20-16(22(13)2)21-19-9-10-8-11(18)5-6-12(10)25/h4-6,8-9,25H,1,7H2,2-3H3,(H,20,21)/b19-9-. The van der Waals surface area contributed by atoms with E-state index in [0.29, 0.717) is 5.56 Å². The molecule has 0 bridgehead atoms. The third-order valence-electron chi connectivity index (χ3n) is 4.03. The molecule has 10 heteroatoms. The lowest BCUT2D eigenvalue weighted by molar-refractivity contribution is 0.474. The number of fused-ring (bicyclic) bond motifs is 1. The van der Waals surface area contributed by atoms with Gasteiger partial charge in [-0.2, -0.15) is 10.1 Å².